The van der Waals surface area contributed by atoms with E-state index in [2.05, 4.69) is 0 Å². The first-order valence-electron chi connectivity index (χ1n) is 3.98. The van der Waals surface area contributed by atoms with Crippen LogP contribution >= 0.6 is 11.6 Å². The van der Waals surface area contributed by atoms with Crippen LogP contribution in [0.2, 0.25) is 5.02 Å². The molecule has 1 amide bonds. The molecule has 1 aromatic carbocycles. The first-order valence-corrected chi connectivity index (χ1v) is 4.36. The smallest absolute Gasteiger partial charge is 0.283 e. The molecule has 0 atom stereocenters. The molecule has 0 bridgehead atoms. The maximum absolute atomic E-state index is 12.5. The second kappa shape index (κ2) is 3.27. The largest absolute Gasteiger partial charge is 0.321 e. The molecule has 0 saturated carbocycles. The van der Waals surface area contributed by atoms with Gasteiger partial charge in [-0.15, -0.1) is 0 Å². The summed E-state index contributed by atoms with van der Waals surface area (Å²) in [6, 6.07) is 3.81. The van der Waals surface area contributed by atoms with Crippen LogP contribution < -0.4 is 4.90 Å². The van der Waals surface area contributed by atoms with Gasteiger partial charge < -0.3 is 0 Å². The molecule has 0 fully saturated rings. The summed E-state index contributed by atoms with van der Waals surface area (Å²) in [6.07, 6.45) is 0. The minimum absolute atomic E-state index is 0.0373. The Bertz CT molecular complexity index is 461. The molecule has 0 spiro atoms. The van der Waals surface area contributed by atoms with Gasteiger partial charge in [-0.1, -0.05) is 11.6 Å². The van der Waals surface area contributed by atoms with E-state index in [0.29, 0.717) is 0 Å². The summed E-state index contributed by atoms with van der Waals surface area (Å²) < 4.78 is 25.0. The fraction of sp³-hybridized carbons (Fsp3) is 0.111. The molecule has 0 radical (unpaired) electrons. The normalized spacial score (nSPS) is 15.1. The average molecular weight is 232 g/mol. The number of hydrogen-bond donors (Lipinski definition) is 0. The van der Waals surface area contributed by atoms with E-state index in [-0.39, 0.29) is 21.2 Å². The minimum atomic E-state index is -3.04. The summed E-state index contributed by atoms with van der Waals surface area (Å²) in [5.74, 6) is -2.15. The number of nitrogens with zero attached hydrogens (tertiary/aromatic N) is 1. The lowest BCUT2D eigenvalue weighted by atomic mass is 10.1. The molecule has 0 unspecified atom stereocenters. The predicted octanol–water partition coefficient (Wildman–Crippen LogP) is 2.09. The van der Waals surface area contributed by atoms with Gasteiger partial charge >= 0.3 is 12.5 Å². The van der Waals surface area contributed by atoms with Crippen LogP contribution in [-0.2, 0) is 4.79 Å². The summed E-state index contributed by atoms with van der Waals surface area (Å²) in [7, 11) is 0. The van der Waals surface area contributed by atoms with E-state index in [0.717, 1.165) is 0 Å². The Labute approximate surface area is 88.2 Å². The Morgan fingerprint density at radius 1 is 1.27 bits per heavy atom. The lowest BCUT2D eigenvalue weighted by Crippen LogP contribution is -2.34. The zero-order chi connectivity index (χ0) is 11.2. The first-order chi connectivity index (χ1) is 7.02. The van der Waals surface area contributed by atoms with Crippen LogP contribution in [0.5, 0.6) is 0 Å². The first kappa shape index (κ1) is 10.0. The number of rotatable bonds is 1. The fourth-order valence-electron chi connectivity index (χ4n) is 1.42. The molecular formula is C9H4ClF2NO2. The van der Waals surface area contributed by atoms with Crippen LogP contribution in [0.3, 0.4) is 0 Å². The lowest BCUT2D eigenvalue weighted by Gasteiger charge is -2.14. The molecule has 3 nitrogen and oxygen atoms in total. The maximum atomic E-state index is 12.5. The van der Waals surface area contributed by atoms with Crippen molar-refractivity contribution >= 4 is 29.0 Å². The highest BCUT2D eigenvalue weighted by molar-refractivity contribution is 6.52. The number of amides is 1. The molecule has 0 N–H and O–H groups in total. The summed E-state index contributed by atoms with van der Waals surface area (Å²) in [4.78, 5) is 22.6. The van der Waals surface area contributed by atoms with E-state index in [1.165, 1.54) is 18.2 Å². The van der Waals surface area contributed by atoms with E-state index in [1.54, 1.807) is 0 Å². The Morgan fingerprint density at radius 3 is 2.53 bits per heavy atom. The number of carbonyl (C=O) groups excluding carboxylic acids is 2. The second-order valence-corrected chi connectivity index (χ2v) is 3.38. The van der Waals surface area contributed by atoms with E-state index < -0.39 is 18.2 Å². The molecule has 15 heavy (non-hydrogen) atoms. The van der Waals surface area contributed by atoms with Gasteiger partial charge in [0, 0.05) is 5.02 Å². The highest BCUT2D eigenvalue weighted by Crippen LogP contribution is 2.33. The lowest BCUT2D eigenvalue weighted by molar-refractivity contribution is -0.116. The van der Waals surface area contributed by atoms with Crippen molar-refractivity contribution in [1.29, 1.82) is 0 Å². The Hall–Kier alpha value is -1.49. The van der Waals surface area contributed by atoms with Crippen LogP contribution in [0.25, 0.3) is 0 Å². The zero-order valence-electron chi connectivity index (χ0n) is 7.21. The molecule has 0 aromatic heterocycles. The van der Waals surface area contributed by atoms with Crippen molar-refractivity contribution in [3.63, 3.8) is 0 Å². The van der Waals surface area contributed by atoms with Crippen molar-refractivity contribution < 1.29 is 18.4 Å². The number of carbonyl (C=O) groups is 2. The molecule has 0 saturated heterocycles. The SMILES string of the molecule is O=C1C(=O)N(C(F)F)c2cc(Cl)ccc21. The standard InChI is InChI=1S/C9H4ClF2NO2/c10-4-1-2-5-6(3-4)13(9(11)12)8(15)7(5)14/h1-3,9H. The van der Waals surface area contributed by atoms with Gasteiger partial charge in [0.2, 0.25) is 0 Å². The average Bonchev–Trinajstić information content (AvgIpc) is 2.39. The number of Topliss-reactive ketones (excluding diaryl/α,β-unsaturated/α-hetero) is 1. The third-order valence-corrected chi connectivity index (χ3v) is 2.31. The summed E-state index contributed by atoms with van der Waals surface area (Å²) >= 11 is 5.59. The number of benzene rings is 1. The van der Waals surface area contributed by atoms with Gasteiger partial charge in [-0.2, -0.15) is 8.78 Å². The van der Waals surface area contributed by atoms with Crippen molar-refractivity contribution in [1.82, 2.24) is 0 Å². The van der Waals surface area contributed by atoms with Crippen LogP contribution in [0, 0.1) is 0 Å². The van der Waals surface area contributed by atoms with E-state index in [4.69, 9.17) is 11.6 Å². The number of alkyl halides is 2. The number of fused-ring (bicyclic) bond motifs is 1. The van der Waals surface area contributed by atoms with Crippen molar-refractivity contribution in [2.45, 2.75) is 6.55 Å². The van der Waals surface area contributed by atoms with Crippen LogP contribution in [0.4, 0.5) is 14.5 Å². The van der Waals surface area contributed by atoms with Gasteiger partial charge in [0.05, 0.1) is 11.3 Å². The van der Waals surface area contributed by atoms with Gasteiger partial charge in [0.25, 0.3) is 5.78 Å². The molecule has 1 aromatic rings. The summed E-state index contributed by atoms with van der Waals surface area (Å²) in [5.41, 5.74) is -0.169. The number of halogens is 3. The Morgan fingerprint density at radius 2 is 1.93 bits per heavy atom. The third-order valence-electron chi connectivity index (χ3n) is 2.07. The molecule has 78 valence electrons. The van der Waals surface area contributed by atoms with E-state index in [9.17, 15) is 18.4 Å². The van der Waals surface area contributed by atoms with Gasteiger partial charge in [0.1, 0.15) is 0 Å². The maximum Gasteiger partial charge on any atom is 0.321 e. The highest BCUT2D eigenvalue weighted by Gasteiger charge is 2.40. The third kappa shape index (κ3) is 1.39. The van der Waals surface area contributed by atoms with Gasteiger partial charge in [0.15, 0.2) is 0 Å². The molecule has 0 aliphatic carbocycles. The molecule has 6 heteroatoms. The predicted molar refractivity (Wildman–Crippen MR) is 49.3 cm³/mol. The number of anilines is 1. The molecule has 2 rings (SSSR count). The summed E-state index contributed by atoms with van der Waals surface area (Å²) in [6.45, 7) is -3.04. The van der Waals surface area contributed by atoms with Gasteiger partial charge in [-0.3, -0.25) is 9.59 Å². The molecule has 1 heterocycles. The number of ketones is 1. The van der Waals surface area contributed by atoms with E-state index >= 15 is 0 Å². The Kier molecular flexibility index (Phi) is 2.19. The van der Waals surface area contributed by atoms with Crippen molar-refractivity contribution in [2.24, 2.45) is 0 Å². The minimum Gasteiger partial charge on any atom is -0.283 e. The topological polar surface area (TPSA) is 37.4 Å². The van der Waals surface area contributed by atoms with Crippen molar-refractivity contribution in [3.8, 4) is 0 Å². The van der Waals surface area contributed by atoms with Crippen LogP contribution in [0.15, 0.2) is 18.2 Å². The summed E-state index contributed by atoms with van der Waals surface area (Å²) in [5, 5.41) is 0.196. The second-order valence-electron chi connectivity index (χ2n) is 2.94. The zero-order valence-corrected chi connectivity index (χ0v) is 7.96. The molecule has 1 aliphatic rings. The highest BCUT2D eigenvalue weighted by atomic mass is 35.5. The monoisotopic (exact) mass is 231 g/mol. The molecular weight excluding hydrogens is 228 g/mol. The van der Waals surface area contributed by atoms with Crippen LogP contribution in [0.1, 0.15) is 10.4 Å². The fourth-order valence-corrected chi connectivity index (χ4v) is 1.59. The van der Waals surface area contributed by atoms with E-state index in [1.807, 2.05) is 0 Å². The quantitative estimate of drug-likeness (QED) is 0.548. The number of hydrogen-bond acceptors (Lipinski definition) is 2. The van der Waals surface area contributed by atoms with Crippen molar-refractivity contribution in [2.75, 3.05) is 4.90 Å². The van der Waals surface area contributed by atoms with Crippen molar-refractivity contribution in [3.05, 3.63) is 28.8 Å². The Balaban J connectivity index is 2.62. The van der Waals surface area contributed by atoms with Gasteiger partial charge in [-0.05, 0) is 18.2 Å². The van der Waals surface area contributed by atoms with Gasteiger partial charge in [-0.25, -0.2) is 4.90 Å². The van der Waals surface area contributed by atoms with Crippen LogP contribution in [-0.4, -0.2) is 18.2 Å². The molecule has 1 aliphatic heterocycles.